The SMILES string of the molecule is CC(C)c1ccccc1NC(=O)[C@@H]1CCN(S(C)(=O)=O)c2cc(Cl)ccc2O1. The van der Waals surface area contributed by atoms with Crippen LogP contribution in [0.25, 0.3) is 0 Å². The molecule has 0 aliphatic carbocycles. The molecule has 28 heavy (non-hydrogen) atoms. The molecular formula is C20H23ClN2O4S. The van der Waals surface area contributed by atoms with Crippen molar-refractivity contribution in [2.24, 2.45) is 0 Å². The van der Waals surface area contributed by atoms with Crippen LogP contribution < -0.4 is 14.4 Å². The molecule has 1 aliphatic rings. The maximum atomic E-state index is 12.9. The summed E-state index contributed by atoms with van der Waals surface area (Å²) >= 11 is 6.04. The number of sulfonamides is 1. The first-order valence-electron chi connectivity index (χ1n) is 9.00. The normalized spacial score (nSPS) is 16.9. The summed E-state index contributed by atoms with van der Waals surface area (Å²) in [5.41, 5.74) is 2.09. The van der Waals surface area contributed by atoms with Crippen LogP contribution in [0, 0.1) is 0 Å². The molecule has 0 radical (unpaired) electrons. The Hall–Kier alpha value is -2.25. The molecule has 0 unspecified atom stereocenters. The molecule has 1 aliphatic heterocycles. The smallest absolute Gasteiger partial charge is 0.265 e. The van der Waals surface area contributed by atoms with Gasteiger partial charge in [0.1, 0.15) is 5.75 Å². The second-order valence-corrected chi connectivity index (χ2v) is 9.42. The maximum absolute atomic E-state index is 12.9. The van der Waals surface area contributed by atoms with E-state index in [-0.39, 0.29) is 24.8 Å². The molecule has 150 valence electrons. The van der Waals surface area contributed by atoms with E-state index in [2.05, 4.69) is 19.2 Å². The van der Waals surface area contributed by atoms with Gasteiger partial charge in [-0.1, -0.05) is 43.6 Å². The van der Waals surface area contributed by atoms with E-state index in [1.165, 1.54) is 10.4 Å². The summed E-state index contributed by atoms with van der Waals surface area (Å²) in [5.74, 6) is 0.240. The second kappa shape index (κ2) is 8.01. The van der Waals surface area contributed by atoms with E-state index >= 15 is 0 Å². The Balaban J connectivity index is 1.89. The standard InChI is InChI=1S/C20H23ClN2O4S/c1-13(2)15-6-4-5-7-16(15)22-20(24)19-10-11-23(28(3,25)26)17-12-14(21)8-9-18(17)27-19/h4-9,12-13,19H,10-11H2,1-3H3,(H,22,24)/t19-/m0/s1. The first-order valence-corrected chi connectivity index (χ1v) is 11.2. The lowest BCUT2D eigenvalue weighted by atomic mass is 10.0. The van der Waals surface area contributed by atoms with Gasteiger partial charge < -0.3 is 10.1 Å². The van der Waals surface area contributed by atoms with Crippen LogP contribution in [-0.4, -0.2) is 33.2 Å². The predicted molar refractivity (Wildman–Crippen MR) is 112 cm³/mol. The zero-order valence-corrected chi connectivity index (χ0v) is 17.5. The van der Waals surface area contributed by atoms with Gasteiger partial charge in [-0.3, -0.25) is 9.10 Å². The molecule has 1 atom stereocenters. The lowest BCUT2D eigenvalue weighted by Gasteiger charge is -2.21. The number of hydrogen-bond donors (Lipinski definition) is 1. The molecule has 1 heterocycles. The van der Waals surface area contributed by atoms with Crippen LogP contribution in [-0.2, 0) is 14.8 Å². The topological polar surface area (TPSA) is 75.7 Å². The zero-order valence-electron chi connectivity index (χ0n) is 16.0. The molecule has 6 nitrogen and oxygen atoms in total. The Bertz CT molecular complexity index is 991. The summed E-state index contributed by atoms with van der Waals surface area (Å²) in [5, 5.41) is 3.32. The van der Waals surface area contributed by atoms with Gasteiger partial charge in [0, 0.05) is 23.7 Å². The molecule has 2 aromatic rings. The number of fused-ring (bicyclic) bond motifs is 1. The van der Waals surface area contributed by atoms with E-state index in [9.17, 15) is 13.2 Å². The van der Waals surface area contributed by atoms with Crippen molar-refractivity contribution in [3.63, 3.8) is 0 Å². The summed E-state index contributed by atoms with van der Waals surface area (Å²) in [4.78, 5) is 12.9. The first-order chi connectivity index (χ1) is 13.2. The number of carbonyl (C=O) groups is 1. The second-order valence-electron chi connectivity index (χ2n) is 7.07. The molecule has 8 heteroatoms. The van der Waals surface area contributed by atoms with Crippen molar-refractivity contribution in [3.05, 3.63) is 53.1 Å². The number of para-hydroxylation sites is 1. The Labute approximate surface area is 170 Å². The Morgan fingerprint density at radius 2 is 1.96 bits per heavy atom. The van der Waals surface area contributed by atoms with Gasteiger partial charge >= 0.3 is 0 Å². The predicted octanol–water partition coefficient (Wildman–Crippen LogP) is 4.02. The zero-order chi connectivity index (χ0) is 20.5. The van der Waals surface area contributed by atoms with Crippen molar-refractivity contribution in [1.29, 1.82) is 0 Å². The third kappa shape index (κ3) is 4.42. The summed E-state index contributed by atoms with van der Waals surface area (Å²) in [6.07, 6.45) is 0.512. The number of hydrogen-bond acceptors (Lipinski definition) is 4. The minimum absolute atomic E-state index is 0.121. The van der Waals surface area contributed by atoms with Crippen LogP contribution in [0.15, 0.2) is 42.5 Å². The minimum Gasteiger partial charge on any atom is -0.478 e. The number of nitrogens with zero attached hydrogens (tertiary/aromatic N) is 1. The van der Waals surface area contributed by atoms with Crippen molar-refractivity contribution in [2.45, 2.75) is 32.3 Å². The molecule has 0 fully saturated rings. The minimum atomic E-state index is -3.54. The Kier molecular flexibility index (Phi) is 5.86. The Morgan fingerprint density at radius 1 is 1.25 bits per heavy atom. The molecule has 0 saturated heterocycles. The summed E-state index contributed by atoms with van der Waals surface area (Å²) < 4.78 is 31.6. The van der Waals surface area contributed by atoms with Crippen molar-refractivity contribution in [3.8, 4) is 5.75 Å². The quantitative estimate of drug-likeness (QED) is 0.807. The number of rotatable bonds is 4. The van der Waals surface area contributed by atoms with Crippen molar-refractivity contribution in [2.75, 3.05) is 22.4 Å². The van der Waals surface area contributed by atoms with Gasteiger partial charge in [-0.05, 0) is 35.7 Å². The average molecular weight is 423 g/mol. The molecular weight excluding hydrogens is 400 g/mol. The molecule has 0 spiro atoms. The highest BCUT2D eigenvalue weighted by Crippen LogP contribution is 2.36. The first kappa shape index (κ1) is 20.5. The highest BCUT2D eigenvalue weighted by atomic mass is 35.5. The van der Waals surface area contributed by atoms with Crippen LogP contribution in [0.4, 0.5) is 11.4 Å². The number of benzene rings is 2. The van der Waals surface area contributed by atoms with Gasteiger partial charge in [0.15, 0.2) is 6.10 Å². The monoisotopic (exact) mass is 422 g/mol. The molecule has 3 rings (SSSR count). The van der Waals surface area contributed by atoms with Gasteiger partial charge in [0.2, 0.25) is 10.0 Å². The highest BCUT2D eigenvalue weighted by molar-refractivity contribution is 7.92. The van der Waals surface area contributed by atoms with E-state index in [0.717, 1.165) is 17.5 Å². The van der Waals surface area contributed by atoms with Gasteiger partial charge in [0.05, 0.1) is 11.9 Å². The molecule has 1 N–H and O–H groups in total. The molecule has 1 amide bonds. The number of ether oxygens (including phenoxy) is 1. The van der Waals surface area contributed by atoms with Crippen LogP contribution >= 0.6 is 11.6 Å². The number of anilines is 2. The third-order valence-electron chi connectivity index (χ3n) is 4.59. The molecule has 2 aromatic carbocycles. The molecule has 0 saturated carbocycles. The summed E-state index contributed by atoms with van der Waals surface area (Å²) in [6.45, 7) is 4.23. The number of carbonyl (C=O) groups excluding carboxylic acids is 1. The Morgan fingerprint density at radius 3 is 2.64 bits per heavy atom. The number of halogens is 1. The van der Waals surface area contributed by atoms with Crippen LogP contribution in [0.2, 0.25) is 5.02 Å². The largest absolute Gasteiger partial charge is 0.478 e. The van der Waals surface area contributed by atoms with E-state index in [1.807, 2.05) is 24.3 Å². The fourth-order valence-electron chi connectivity index (χ4n) is 3.21. The van der Waals surface area contributed by atoms with E-state index in [4.69, 9.17) is 16.3 Å². The average Bonchev–Trinajstić information content (AvgIpc) is 2.81. The number of nitrogens with one attached hydrogen (secondary N) is 1. The van der Waals surface area contributed by atoms with Crippen molar-refractivity contribution in [1.82, 2.24) is 0 Å². The highest BCUT2D eigenvalue weighted by Gasteiger charge is 2.31. The van der Waals surface area contributed by atoms with Crippen molar-refractivity contribution >= 4 is 38.9 Å². The molecule has 0 aromatic heterocycles. The van der Waals surface area contributed by atoms with E-state index in [1.54, 1.807) is 12.1 Å². The van der Waals surface area contributed by atoms with E-state index < -0.39 is 16.1 Å². The van der Waals surface area contributed by atoms with Gasteiger partial charge in [-0.25, -0.2) is 8.42 Å². The van der Waals surface area contributed by atoms with Crippen molar-refractivity contribution < 1.29 is 17.9 Å². The van der Waals surface area contributed by atoms with Gasteiger partial charge in [0.25, 0.3) is 5.91 Å². The fraction of sp³-hybridized carbons (Fsp3) is 0.350. The molecule has 0 bridgehead atoms. The lowest BCUT2D eigenvalue weighted by Crippen LogP contribution is -2.36. The van der Waals surface area contributed by atoms with Gasteiger partial charge in [-0.15, -0.1) is 0 Å². The van der Waals surface area contributed by atoms with Crippen LogP contribution in [0.5, 0.6) is 5.75 Å². The van der Waals surface area contributed by atoms with Crippen LogP contribution in [0.3, 0.4) is 0 Å². The summed E-state index contributed by atoms with van der Waals surface area (Å²) in [6, 6.07) is 12.3. The number of amides is 1. The summed E-state index contributed by atoms with van der Waals surface area (Å²) in [7, 11) is -3.54. The maximum Gasteiger partial charge on any atom is 0.265 e. The third-order valence-corrected chi connectivity index (χ3v) is 6.00. The van der Waals surface area contributed by atoms with E-state index in [0.29, 0.717) is 16.5 Å². The fourth-order valence-corrected chi connectivity index (χ4v) is 4.31. The lowest BCUT2D eigenvalue weighted by molar-refractivity contribution is -0.122. The van der Waals surface area contributed by atoms with Gasteiger partial charge in [-0.2, -0.15) is 0 Å². The van der Waals surface area contributed by atoms with Crippen LogP contribution in [0.1, 0.15) is 31.7 Å².